The summed E-state index contributed by atoms with van der Waals surface area (Å²) >= 11 is 0. The highest BCUT2D eigenvalue weighted by molar-refractivity contribution is 6.04. The van der Waals surface area contributed by atoms with E-state index < -0.39 is 11.6 Å². The lowest BCUT2D eigenvalue weighted by molar-refractivity contribution is 0.0288. The molecule has 3 heterocycles. The van der Waals surface area contributed by atoms with Gasteiger partial charge in [-0.2, -0.15) is 0 Å². The highest BCUT2D eigenvalue weighted by Gasteiger charge is 2.35. The van der Waals surface area contributed by atoms with Gasteiger partial charge in [-0.25, -0.2) is 14.6 Å². The Hall–Kier alpha value is -2.77. The maximum Gasteiger partial charge on any atom is 0.410 e. The average Bonchev–Trinajstić information content (AvgIpc) is 3.21. The average molecular weight is 388 g/mol. The number of pyridine rings is 1. The van der Waals surface area contributed by atoms with Gasteiger partial charge in [0.2, 0.25) is 0 Å². The van der Waals surface area contributed by atoms with Crippen LogP contribution in [0, 0.1) is 5.92 Å². The van der Waals surface area contributed by atoms with E-state index in [1.165, 1.54) is 6.20 Å². The predicted molar refractivity (Wildman–Crippen MR) is 106 cm³/mol. The van der Waals surface area contributed by atoms with Gasteiger partial charge in [0, 0.05) is 36.9 Å². The molecule has 8 heteroatoms. The van der Waals surface area contributed by atoms with E-state index in [9.17, 15) is 9.59 Å². The highest BCUT2D eigenvalue weighted by atomic mass is 16.6. The third-order valence-electron chi connectivity index (χ3n) is 4.68. The lowest BCUT2D eigenvalue weighted by Gasteiger charge is -2.24. The van der Waals surface area contributed by atoms with Gasteiger partial charge in [-0.05, 0) is 39.7 Å². The molecular weight excluding hydrogens is 360 g/mol. The van der Waals surface area contributed by atoms with Gasteiger partial charge in [0.05, 0.1) is 12.3 Å². The Bertz CT molecular complexity index is 871. The van der Waals surface area contributed by atoms with Crippen LogP contribution in [-0.2, 0) is 9.47 Å². The number of esters is 1. The molecule has 1 fully saturated rings. The first-order valence-corrected chi connectivity index (χ1v) is 9.57. The maximum absolute atomic E-state index is 12.4. The molecule has 2 N–H and O–H groups in total. The Morgan fingerprint density at radius 2 is 2.11 bits per heavy atom. The minimum Gasteiger partial charge on any atom is -0.462 e. The topological polar surface area (TPSA) is 96.5 Å². The van der Waals surface area contributed by atoms with Crippen molar-refractivity contribution in [3.63, 3.8) is 0 Å². The second-order valence-corrected chi connectivity index (χ2v) is 8.12. The van der Waals surface area contributed by atoms with Crippen molar-refractivity contribution in [3.05, 3.63) is 24.0 Å². The molecule has 0 unspecified atom stereocenters. The van der Waals surface area contributed by atoms with E-state index >= 15 is 0 Å². The van der Waals surface area contributed by atoms with Crippen molar-refractivity contribution in [2.75, 3.05) is 25.0 Å². The Morgan fingerprint density at radius 1 is 1.36 bits per heavy atom. The Kier molecular flexibility index (Phi) is 5.49. The number of rotatable bonds is 4. The molecule has 152 valence electrons. The van der Waals surface area contributed by atoms with Crippen molar-refractivity contribution in [1.82, 2.24) is 14.9 Å². The molecule has 8 nitrogen and oxygen atoms in total. The van der Waals surface area contributed by atoms with Crippen molar-refractivity contribution in [2.45, 2.75) is 46.3 Å². The zero-order valence-corrected chi connectivity index (χ0v) is 17.0. The van der Waals surface area contributed by atoms with Gasteiger partial charge in [0.15, 0.2) is 0 Å². The standard InChI is InChI=1S/C20H28N4O4/c1-6-27-18(25)14-9-22-17-13(7-8-21-17)16(14)23-15-11-24(10-12(15)2)19(26)28-20(3,4)5/h7-9,12,15H,6,10-11H2,1-5H3,(H2,21,22,23)/t12-,15-/m1/s1. The van der Waals surface area contributed by atoms with Crippen LogP contribution in [0.25, 0.3) is 11.0 Å². The van der Waals surface area contributed by atoms with Gasteiger partial charge in [-0.1, -0.05) is 6.92 Å². The summed E-state index contributed by atoms with van der Waals surface area (Å²) in [6, 6.07) is 1.85. The molecule has 0 aromatic carbocycles. The number of carbonyl (C=O) groups is 2. The summed E-state index contributed by atoms with van der Waals surface area (Å²) in [5.41, 5.74) is 1.21. The molecule has 1 saturated heterocycles. The zero-order valence-electron chi connectivity index (χ0n) is 17.0. The van der Waals surface area contributed by atoms with Crippen molar-refractivity contribution >= 4 is 28.8 Å². The highest BCUT2D eigenvalue weighted by Crippen LogP contribution is 2.30. The Balaban J connectivity index is 1.84. The third kappa shape index (κ3) is 4.21. The normalized spacial score (nSPS) is 19.7. The summed E-state index contributed by atoms with van der Waals surface area (Å²) in [6.45, 7) is 10.8. The lowest BCUT2D eigenvalue weighted by Crippen LogP contribution is -2.36. The summed E-state index contributed by atoms with van der Waals surface area (Å²) in [5, 5.41) is 4.28. The fourth-order valence-electron chi connectivity index (χ4n) is 3.34. The number of aromatic amines is 1. The number of hydrogen-bond donors (Lipinski definition) is 2. The van der Waals surface area contributed by atoms with E-state index in [-0.39, 0.29) is 24.7 Å². The number of anilines is 1. The molecule has 2 aromatic rings. The largest absolute Gasteiger partial charge is 0.462 e. The summed E-state index contributed by atoms with van der Waals surface area (Å²) in [7, 11) is 0. The SMILES string of the molecule is CCOC(=O)c1cnc2[nH]ccc2c1N[C@@H]1CN(C(=O)OC(C)(C)C)C[C@H]1C. The molecule has 0 saturated carbocycles. The molecule has 1 amide bonds. The molecule has 1 aliphatic rings. The first-order valence-electron chi connectivity index (χ1n) is 9.57. The monoisotopic (exact) mass is 388 g/mol. The smallest absolute Gasteiger partial charge is 0.410 e. The number of fused-ring (bicyclic) bond motifs is 1. The fraction of sp³-hybridized carbons (Fsp3) is 0.550. The van der Waals surface area contributed by atoms with Crippen LogP contribution in [0.2, 0.25) is 0 Å². The molecule has 0 spiro atoms. The first kappa shape index (κ1) is 20.0. The van der Waals surface area contributed by atoms with E-state index in [2.05, 4.69) is 22.2 Å². The number of carbonyl (C=O) groups excluding carboxylic acids is 2. The summed E-state index contributed by atoms with van der Waals surface area (Å²) in [5.74, 6) is -0.236. The van der Waals surface area contributed by atoms with Gasteiger partial charge in [0.25, 0.3) is 0 Å². The van der Waals surface area contributed by atoms with Crippen molar-refractivity contribution in [2.24, 2.45) is 5.92 Å². The van der Waals surface area contributed by atoms with E-state index in [0.29, 0.717) is 30.0 Å². The lowest BCUT2D eigenvalue weighted by atomic mass is 10.0. The van der Waals surface area contributed by atoms with Crippen LogP contribution < -0.4 is 5.32 Å². The molecule has 0 radical (unpaired) electrons. The van der Waals surface area contributed by atoms with Crippen LogP contribution in [0.3, 0.4) is 0 Å². The number of H-pyrrole nitrogens is 1. The molecule has 2 aromatic heterocycles. The zero-order chi connectivity index (χ0) is 20.5. The number of likely N-dealkylation sites (tertiary alicyclic amines) is 1. The van der Waals surface area contributed by atoms with Gasteiger partial charge < -0.3 is 24.7 Å². The summed E-state index contributed by atoms with van der Waals surface area (Å²) in [6.07, 6.45) is 2.98. The Labute approximate surface area is 164 Å². The number of hydrogen-bond acceptors (Lipinski definition) is 6. The first-order chi connectivity index (χ1) is 13.2. The Morgan fingerprint density at radius 3 is 2.79 bits per heavy atom. The van der Waals surface area contributed by atoms with E-state index in [4.69, 9.17) is 9.47 Å². The van der Waals surface area contributed by atoms with Crippen LogP contribution in [0.4, 0.5) is 10.5 Å². The second-order valence-electron chi connectivity index (χ2n) is 8.12. The predicted octanol–water partition coefficient (Wildman–Crippen LogP) is 3.41. The minimum absolute atomic E-state index is 0.0267. The number of ether oxygens (including phenoxy) is 2. The van der Waals surface area contributed by atoms with Gasteiger partial charge in [-0.15, -0.1) is 0 Å². The fourth-order valence-corrected chi connectivity index (χ4v) is 3.34. The van der Waals surface area contributed by atoms with E-state index in [1.54, 1.807) is 18.0 Å². The number of nitrogens with one attached hydrogen (secondary N) is 2. The van der Waals surface area contributed by atoms with Crippen LogP contribution in [0.15, 0.2) is 18.5 Å². The quantitative estimate of drug-likeness (QED) is 0.779. The van der Waals surface area contributed by atoms with Crippen LogP contribution in [0.5, 0.6) is 0 Å². The van der Waals surface area contributed by atoms with Crippen LogP contribution in [-0.4, -0.2) is 58.3 Å². The second kappa shape index (κ2) is 7.69. The van der Waals surface area contributed by atoms with E-state index in [1.807, 2.05) is 26.8 Å². The molecule has 28 heavy (non-hydrogen) atoms. The summed E-state index contributed by atoms with van der Waals surface area (Å²) < 4.78 is 10.7. The molecular formula is C20H28N4O4. The van der Waals surface area contributed by atoms with Crippen molar-refractivity contribution < 1.29 is 19.1 Å². The summed E-state index contributed by atoms with van der Waals surface area (Å²) in [4.78, 5) is 33.9. The van der Waals surface area contributed by atoms with E-state index in [0.717, 1.165) is 5.39 Å². The van der Waals surface area contributed by atoms with Crippen LogP contribution >= 0.6 is 0 Å². The minimum atomic E-state index is -0.536. The van der Waals surface area contributed by atoms with Crippen LogP contribution in [0.1, 0.15) is 45.0 Å². The van der Waals surface area contributed by atoms with Crippen molar-refractivity contribution in [1.29, 1.82) is 0 Å². The number of amides is 1. The maximum atomic E-state index is 12.4. The van der Waals surface area contributed by atoms with Gasteiger partial charge >= 0.3 is 12.1 Å². The van der Waals surface area contributed by atoms with Gasteiger partial charge in [-0.3, -0.25) is 0 Å². The molecule has 0 bridgehead atoms. The third-order valence-corrected chi connectivity index (χ3v) is 4.68. The van der Waals surface area contributed by atoms with Gasteiger partial charge in [0.1, 0.15) is 16.8 Å². The molecule has 2 atom stereocenters. The number of nitrogens with zero attached hydrogens (tertiary/aromatic N) is 2. The number of aromatic nitrogens is 2. The molecule has 0 aliphatic carbocycles. The molecule has 3 rings (SSSR count). The van der Waals surface area contributed by atoms with Crippen molar-refractivity contribution in [3.8, 4) is 0 Å². The molecule has 1 aliphatic heterocycles.